The molecule has 0 spiro atoms. The molecule has 0 aromatic heterocycles. The van der Waals surface area contributed by atoms with E-state index in [1.54, 1.807) is 0 Å². The van der Waals surface area contributed by atoms with Gasteiger partial charge in [0.2, 0.25) is 0 Å². The molecule has 0 amide bonds. The van der Waals surface area contributed by atoms with Crippen LogP contribution >= 0.6 is 0 Å². The SMILES string of the molecule is CC(C)CC1CNC(C(C)C)CN1CC1CCCO1. The molecular weight excluding hydrogens is 236 g/mol. The summed E-state index contributed by atoms with van der Waals surface area (Å²) in [4.78, 5) is 2.71. The van der Waals surface area contributed by atoms with Gasteiger partial charge in [0.25, 0.3) is 0 Å². The first-order valence-electron chi connectivity index (χ1n) is 8.15. The highest BCUT2D eigenvalue weighted by atomic mass is 16.5. The minimum Gasteiger partial charge on any atom is -0.377 e. The zero-order chi connectivity index (χ0) is 13.8. The fourth-order valence-electron chi connectivity index (χ4n) is 3.38. The highest BCUT2D eigenvalue weighted by Gasteiger charge is 2.31. The first kappa shape index (κ1) is 15.3. The molecule has 0 aliphatic carbocycles. The summed E-state index contributed by atoms with van der Waals surface area (Å²) in [5.74, 6) is 1.49. The Kier molecular flexibility index (Phi) is 5.67. The summed E-state index contributed by atoms with van der Waals surface area (Å²) >= 11 is 0. The van der Waals surface area contributed by atoms with Crippen LogP contribution in [0.15, 0.2) is 0 Å². The van der Waals surface area contributed by atoms with Gasteiger partial charge in [-0.25, -0.2) is 0 Å². The maximum absolute atomic E-state index is 5.84. The summed E-state index contributed by atoms with van der Waals surface area (Å²) in [6, 6.07) is 1.34. The lowest BCUT2D eigenvalue weighted by Gasteiger charge is -2.43. The van der Waals surface area contributed by atoms with Gasteiger partial charge in [-0.1, -0.05) is 27.7 Å². The molecule has 0 aromatic rings. The zero-order valence-electron chi connectivity index (χ0n) is 13.2. The molecule has 1 N–H and O–H groups in total. The minimum atomic E-state index is 0.487. The van der Waals surface area contributed by atoms with Gasteiger partial charge in [-0.3, -0.25) is 4.90 Å². The molecule has 2 aliphatic heterocycles. The van der Waals surface area contributed by atoms with Crippen molar-refractivity contribution < 1.29 is 4.74 Å². The van der Waals surface area contributed by atoms with Crippen molar-refractivity contribution >= 4 is 0 Å². The molecule has 2 aliphatic rings. The largest absolute Gasteiger partial charge is 0.377 e. The van der Waals surface area contributed by atoms with E-state index in [4.69, 9.17) is 4.74 Å². The normalized spacial score (nSPS) is 33.5. The van der Waals surface area contributed by atoms with Gasteiger partial charge in [0.05, 0.1) is 6.10 Å². The molecule has 3 nitrogen and oxygen atoms in total. The third kappa shape index (κ3) is 4.44. The van der Waals surface area contributed by atoms with Gasteiger partial charge in [-0.05, 0) is 31.1 Å². The number of ether oxygens (including phenoxy) is 1. The molecule has 0 saturated carbocycles. The average molecular weight is 268 g/mol. The van der Waals surface area contributed by atoms with E-state index >= 15 is 0 Å². The molecule has 112 valence electrons. The molecule has 3 unspecified atom stereocenters. The van der Waals surface area contributed by atoms with Crippen LogP contribution in [0.4, 0.5) is 0 Å². The molecule has 3 atom stereocenters. The van der Waals surface area contributed by atoms with Crippen LogP contribution in [0, 0.1) is 11.8 Å². The first-order chi connectivity index (χ1) is 9.06. The predicted octanol–water partition coefficient (Wildman–Crippen LogP) is 2.51. The predicted molar refractivity (Wildman–Crippen MR) is 80.4 cm³/mol. The van der Waals surface area contributed by atoms with E-state index in [-0.39, 0.29) is 0 Å². The lowest BCUT2D eigenvalue weighted by Crippen LogP contribution is -2.59. The molecule has 0 bridgehead atoms. The topological polar surface area (TPSA) is 24.5 Å². The van der Waals surface area contributed by atoms with E-state index < -0.39 is 0 Å². The minimum absolute atomic E-state index is 0.487. The molecule has 2 saturated heterocycles. The molecule has 2 heterocycles. The smallest absolute Gasteiger partial charge is 0.0702 e. The quantitative estimate of drug-likeness (QED) is 0.829. The van der Waals surface area contributed by atoms with Crippen molar-refractivity contribution in [1.82, 2.24) is 10.2 Å². The van der Waals surface area contributed by atoms with Crippen molar-refractivity contribution in [3.8, 4) is 0 Å². The van der Waals surface area contributed by atoms with Crippen molar-refractivity contribution in [2.24, 2.45) is 11.8 Å². The summed E-state index contributed by atoms with van der Waals surface area (Å²) in [5, 5.41) is 3.75. The second-order valence-electron chi connectivity index (χ2n) is 7.13. The Labute approximate surface area is 119 Å². The Morgan fingerprint density at radius 3 is 2.63 bits per heavy atom. The van der Waals surface area contributed by atoms with Crippen LogP contribution in [0.3, 0.4) is 0 Å². The van der Waals surface area contributed by atoms with Crippen LogP contribution in [-0.4, -0.2) is 49.3 Å². The van der Waals surface area contributed by atoms with Crippen molar-refractivity contribution in [1.29, 1.82) is 0 Å². The standard InChI is InChI=1S/C16H32N2O/c1-12(2)8-14-9-17-16(13(3)4)11-18(14)10-15-6-5-7-19-15/h12-17H,5-11H2,1-4H3. The van der Waals surface area contributed by atoms with E-state index in [2.05, 4.69) is 37.9 Å². The van der Waals surface area contributed by atoms with Crippen molar-refractivity contribution in [3.63, 3.8) is 0 Å². The lowest BCUT2D eigenvalue weighted by molar-refractivity contribution is 0.0289. The highest BCUT2D eigenvalue weighted by molar-refractivity contribution is 4.89. The fourth-order valence-corrected chi connectivity index (χ4v) is 3.38. The molecule has 2 rings (SSSR count). The monoisotopic (exact) mass is 268 g/mol. The Hall–Kier alpha value is -0.120. The summed E-state index contributed by atoms with van der Waals surface area (Å²) in [6.45, 7) is 13.8. The second kappa shape index (κ2) is 7.05. The van der Waals surface area contributed by atoms with Crippen LogP contribution in [0.25, 0.3) is 0 Å². The van der Waals surface area contributed by atoms with Crippen LogP contribution in [0.5, 0.6) is 0 Å². The molecule has 0 radical (unpaired) electrons. The van der Waals surface area contributed by atoms with Crippen molar-refractivity contribution in [3.05, 3.63) is 0 Å². The van der Waals surface area contributed by atoms with E-state index in [1.807, 2.05) is 0 Å². The van der Waals surface area contributed by atoms with Gasteiger partial charge in [-0.15, -0.1) is 0 Å². The van der Waals surface area contributed by atoms with Crippen LogP contribution in [0.2, 0.25) is 0 Å². The summed E-state index contributed by atoms with van der Waals surface area (Å²) in [6.07, 6.45) is 4.29. The molecule has 19 heavy (non-hydrogen) atoms. The average Bonchev–Trinajstić information content (AvgIpc) is 2.83. The first-order valence-corrected chi connectivity index (χ1v) is 8.15. The molecule has 3 heteroatoms. The fraction of sp³-hybridized carbons (Fsp3) is 1.00. The van der Waals surface area contributed by atoms with Gasteiger partial charge in [0.1, 0.15) is 0 Å². The number of piperazine rings is 1. The van der Waals surface area contributed by atoms with Gasteiger partial charge >= 0.3 is 0 Å². The number of rotatable bonds is 5. The summed E-state index contributed by atoms with van der Waals surface area (Å²) in [7, 11) is 0. The zero-order valence-corrected chi connectivity index (χ0v) is 13.2. The van der Waals surface area contributed by atoms with E-state index in [0.29, 0.717) is 24.1 Å². The van der Waals surface area contributed by atoms with Gasteiger partial charge in [0, 0.05) is 38.3 Å². The van der Waals surface area contributed by atoms with Crippen LogP contribution in [0.1, 0.15) is 47.0 Å². The second-order valence-corrected chi connectivity index (χ2v) is 7.13. The summed E-state index contributed by atoms with van der Waals surface area (Å²) < 4.78 is 5.84. The maximum atomic E-state index is 5.84. The van der Waals surface area contributed by atoms with E-state index in [1.165, 1.54) is 25.8 Å². The van der Waals surface area contributed by atoms with Gasteiger partial charge < -0.3 is 10.1 Å². The molecule has 0 aromatic carbocycles. The van der Waals surface area contributed by atoms with Gasteiger partial charge in [-0.2, -0.15) is 0 Å². The van der Waals surface area contributed by atoms with Crippen LogP contribution in [-0.2, 0) is 4.74 Å². The van der Waals surface area contributed by atoms with Crippen molar-refractivity contribution in [2.75, 3.05) is 26.2 Å². The third-order valence-corrected chi connectivity index (χ3v) is 4.57. The van der Waals surface area contributed by atoms with Gasteiger partial charge in [0.15, 0.2) is 0 Å². The number of hydrogen-bond acceptors (Lipinski definition) is 3. The highest BCUT2D eigenvalue weighted by Crippen LogP contribution is 2.21. The van der Waals surface area contributed by atoms with Crippen molar-refractivity contribution in [2.45, 2.75) is 65.1 Å². The lowest BCUT2D eigenvalue weighted by atomic mass is 9.94. The Bertz CT molecular complexity index is 259. The summed E-state index contributed by atoms with van der Waals surface area (Å²) in [5.41, 5.74) is 0. The molecular formula is C16H32N2O. The number of hydrogen-bond donors (Lipinski definition) is 1. The Balaban J connectivity index is 1.93. The Morgan fingerprint density at radius 1 is 1.26 bits per heavy atom. The van der Waals surface area contributed by atoms with Crippen LogP contribution < -0.4 is 5.32 Å². The number of nitrogens with one attached hydrogen (secondary N) is 1. The Morgan fingerprint density at radius 2 is 2.05 bits per heavy atom. The maximum Gasteiger partial charge on any atom is 0.0702 e. The number of nitrogens with zero attached hydrogens (tertiary/aromatic N) is 1. The van der Waals surface area contributed by atoms with E-state index in [9.17, 15) is 0 Å². The van der Waals surface area contributed by atoms with E-state index in [0.717, 1.165) is 25.6 Å². The third-order valence-electron chi connectivity index (χ3n) is 4.57. The molecule has 2 fully saturated rings.